The molecule has 2 aromatic rings. The molecule has 3 N–H and O–H groups in total. The third-order valence-corrected chi connectivity index (χ3v) is 3.87. The Balaban J connectivity index is 2.36. The second-order valence-corrected chi connectivity index (χ2v) is 6.36. The number of carbonyl (C=O) groups is 1. The highest BCUT2D eigenvalue weighted by Crippen LogP contribution is 2.19. The van der Waals surface area contributed by atoms with Crippen molar-refractivity contribution in [2.24, 2.45) is 12.2 Å². The predicted octanol–water partition coefficient (Wildman–Crippen LogP) is 0.937. The van der Waals surface area contributed by atoms with E-state index in [9.17, 15) is 13.2 Å². The van der Waals surface area contributed by atoms with Crippen LogP contribution in [0.3, 0.4) is 0 Å². The molecule has 7 nitrogen and oxygen atoms in total. The quantitative estimate of drug-likeness (QED) is 0.879. The van der Waals surface area contributed by atoms with Crippen molar-refractivity contribution >= 4 is 21.7 Å². The normalized spacial score (nSPS) is 11.4. The number of amides is 1. The zero-order chi connectivity index (χ0) is 15.8. The van der Waals surface area contributed by atoms with Gasteiger partial charge in [-0.3, -0.25) is 9.48 Å². The predicted molar refractivity (Wildman–Crippen MR) is 78.5 cm³/mol. The Morgan fingerprint density at radius 1 is 1.33 bits per heavy atom. The Morgan fingerprint density at radius 2 is 2.00 bits per heavy atom. The first-order valence-corrected chi connectivity index (χ1v) is 7.68. The molecule has 1 heterocycles. The number of primary sulfonamides is 1. The van der Waals surface area contributed by atoms with Gasteiger partial charge in [0.1, 0.15) is 4.90 Å². The van der Waals surface area contributed by atoms with Crippen LogP contribution in [0.25, 0.3) is 0 Å². The first-order valence-electron chi connectivity index (χ1n) is 6.13. The number of hydrogen-bond donors (Lipinski definition) is 2. The van der Waals surface area contributed by atoms with E-state index in [0.717, 1.165) is 11.1 Å². The fourth-order valence-electron chi connectivity index (χ4n) is 2.00. The van der Waals surface area contributed by atoms with E-state index >= 15 is 0 Å². The van der Waals surface area contributed by atoms with Crippen molar-refractivity contribution in [3.05, 3.63) is 41.1 Å². The molecule has 0 aliphatic rings. The monoisotopic (exact) mass is 308 g/mol. The van der Waals surface area contributed by atoms with E-state index in [0.29, 0.717) is 5.56 Å². The Bertz CT molecular complexity index is 809. The van der Waals surface area contributed by atoms with Gasteiger partial charge in [-0.1, -0.05) is 17.7 Å². The lowest BCUT2D eigenvalue weighted by Gasteiger charge is -2.07. The van der Waals surface area contributed by atoms with Gasteiger partial charge in [0.2, 0.25) is 10.0 Å². The fraction of sp³-hybridized carbons (Fsp3) is 0.231. The molecule has 0 atom stereocenters. The average Bonchev–Trinajstić information content (AvgIpc) is 2.69. The van der Waals surface area contributed by atoms with Gasteiger partial charge in [-0.2, -0.15) is 5.10 Å². The van der Waals surface area contributed by atoms with Gasteiger partial charge in [-0.15, -0.1) is 0 Å². The summed E-state index contributed by atoms with van der Waals surface area (Å²) < 4.78 is 24.2. The van der Waals surface area contributed by atoms with E-state index in [1.54, 1.807) is 26.1 Å². The van der Waals surface area contributed by atoms with Crippen LogP contribution in [0, 0.1) is 13.8 Å². The van der Waals surface area contributed by atoms with Crippen molar-refractivity contribution in [2.75, 3.05) is 5.32 Å². The molecule has 0 radical (unpaired) electrons. The number of sulfonamides is 1. The smallest absolute Gasteiger partial charge is 0.257 e. The molecule has 0 bridgehead atoms. The molecule has 0 spiro atoms. The lowest BCUT2D eigenvalue weighted by molar-refractivity contribution is 0.102. The zero-order valence-electron chi connectivity index (χ0n) is 11.9. The van der Waals surface area contributed by atoms with Crippen LogP contribution in [0.15, 0.2) is 29.3 Å². The molecular weight excluding hydrogens is 292 g/mol. The maximum Gasteiger partial charge on any atom is 0.257 e. The van der Waals surface area contributed by atoms with Crippen molar-refractivity contribution in [3.63, 3.8) is 0 Å². The maximum absolute atomic E-state index is 12.2. The molecule has 1 aromatic heterocycles. The van der Waals surface area contributed by atoms with Crippen molar-refractivity contribution in [1.29, 1.82) is 0 Å². The van der Waals surface area contributed by atoms with Crippen molar-refractivity contribution in [2.45, 2.75) is 18.7 Å². The maximum atomic E-state index is 12.2. The lowest BCUT2D eigenvalue weighted by atomic mass is 10.1. The third-order valence-electron chi connectivity index (χ3n) is 2.96. The number of aryl methyl sites for hydroxylation is 3. The third kappa shape index (κ3) is 3.29. The first kappa shape index (κ1) is 15.2. The largest absolute Gasteiger partial charge is 0.304 e. The molecule has 0 saturated carbocycles. The first-order chi connectivity index (χ1) is 9.68. The summed E-state index contributed by atoms with van der Waals surface area (Å²) in [6, 6.07) is 5.36. The van der Waals surface area contributed by atoms with Gasteiger partial charge < -0.3 is 5.32 Å². The fourth-order valence-corrected chi connectivity index (χ4v) is 2.67. The molecule has 1 aromatic carbocycles. The van der Waals surface area contributed by atoms with E-state index in [1.165, 1.54) is 10.9 Å². The van der Waals surface area contributed by atoms with Gasteiger partial charge in [-0.25, -0.2) is 13.6 Å². The minimum atomic E-state index is -3.96. The minimum absolute atomic E-state index is 0.0787. The Labute approximate surface area is 122 Å². The van der Waals surface area contributed by atoms with Crippen LogP contribution in [-0.2, 0) is 17.1 Å². The summed E-state index contributed by atoms with van der Waals surface area (Å²) in [5.41, 5.74) is 2.28. The molecule has 0 aliphatic carbocycles. The number of anilines is 1. The number of hydrogen-bond acceptors (Lipinski definition) is 4. The number of nitrogens with one attached hydrogen (secondary N) is 1. The lowest BCUT2D eigenvalue weighted by Crippen LogP contribution is -2.18. The standard InChI is InChI=1S/C13H16N4O3S/c1-8-4-5-10(9(2)6-8)13(18)15-12-11(21(14,19)20)7-17(3)16-12/h4-7H,1-3H3,(H2,14,19,20)(H,15,16,18). The van der Waals surface area contributed by atoms with Gasteiger partial charge in [-0.05, 0) is 25.5 Å². The molecule has 112 valence electrons. The molecular formula is C13H16N4O3S. The van der Waals surface area contributed by atoms with E-state index in [-0.39, 0.29) is 10.7 Å². The van der Waals surface area contributed by atoms with Gasteiger partial charge in [0.05, 0.1) is 0 Å². The van der Waals surface area contributed by atoms with Crippen LogP contribution in [0.5, 0.6) is 0 Å². The zero-order valence-corrected chi connectivity index (χ0v) is 12.7. The highest BCUT2D eigenvalue weighted by Gasteiger charge is 2.21. The highest BCUT2D eigenvalue weighted by atomic mass is 32.2. The number of nitrogens with zero attached hydrogens (tertiary/aromatic N) is 2. The molecule has 0 aliphatic heterocycles. The van der Waals surface area contributed by atoms with E-state index < -0.39 is 15.9 Å². The molecule has 21 heavy (non-hydrogen) atoms. The van der Waals surface area contributed by atoms with Crippen LogP contribution >= 0.6 is 0 Å². The SMILES string of the molecule is Cc1ccc(C(=O)Nc2nn(C)cc2S(N)(=O)=O)c(C)c1. The van der Waals surface area contributed by atoms with E-state index in [4.69, 9.17) is 5.14 Å². The molecule has 1 amide bonds. The molecule has 2 rings (SSSR count). The number of nitrogens with two attached hydrogens (primary N) is 1. The summed E-state index contributed by atoms with van der Waals surface area (Å²) in [7, 11) is -2.41. The summed E-state index contributed by atoms with van der Waals surface area (Å²) in [6.45, 7) is 3.73. The Kier molecular flexibility index (Phi) is 3.84. The molecule has 0 fully saturated rings. The molecule has 0 saturated heterocycles. The van der Waals surface area contributed by atoms with Crippen molar-refractivity contribution in [3.8, 4) is 0 Å². The van der Waals surface area contributed by atoms with Crippen LogP contribution in [0.2, 0.25) is 0 Å². The topological polar surface area (TPSA) is 107 Å². The summed E-state index contributed by atoms with van der Waals surface area (Å²) in [5.74, 6) is -0.513. The van der Waals surface area contributed by atoms with Gasteiger partial charge in [0, 0.05) is 18.8 Å². The molecule has 0 unspecified atom stereocenters. The molecule has 8 heteroatoms. The van der Waals surface area contributed by atoms with Crippen LogP contribution in [-0.4, -0.2) is 24.1 Å². The number of carbonyl (C=O) groups excluding carboxylic acids is 1. The minimum Gasteiger partial charge on any atom is -0.304 e. The van der Waals surface area contributed by atoms with Gasteiger partial charge >= 0.3 is 0 Å². The van der Waals surface area contributed by atoms with E-state index in [1.807, 2.05) is 13.0 Å². The summed E-state index contributed by atoms with van der Waals surface area (Å²) in [5, 5.41) is 11.5. The number of rotatable bonds is 3. The number of benzene rings is 1. The van der Waals surface area contributed by atoms with Crippen molar-refractivity contribution in [1.82, 2.24) is 9.78 Å². The van der Waals surface area contributed by atoms with Crippen molar-refractivity contribution < 1.29 is 13.2 Å². The summed E-state index contributed by atoms with van der Waals surface area (Å²) >= 11 is 0. The van der Waals surface area contributed by atoms with Crippen LogP contribution < -0.4 is 10.5 Å². The average molecular weight is 308 g/mol. The summed E-state index contributed by atoms with van der Waals surface area (Å²) in [6.07, 6.45) is 1.24. The second-order valence-electron chi connectivity index (χ2n) is 4.83. The number of aromatic nitrogens is 2. The summed E-state index contributed by atoms with van der Waals surface area (Å²) in [4.78, 5) is 12.0. The second kappa shape index (κ2) is 5.30. The van der Waals surface area contributed by atoms with Crippen LogP contribution in [0.1, 0.15) is 21.5 Å². The Morgan fingerprint density at radius 3 is 2.57 bits per heavy atom. The van der Waals surface area contributed by atoms with E-state index in [2.05, 4.69) is 10.4 Å². The Hall–Kier alpha value is -2.19. The van der Waals surface area contributed by atoms with Gasteiger partial charge in [0.15, 0.2) is 5.82 Å². The van der Waals surface area contributed by atoms with Crippen LogP contribution in [0.4, 0.5) is 5.82 Å². The highest BCUT2D eigenvalue weighted by molar-refractivity contribution is 7.89. The van der Waals surface area contributed by atoms with Gasteiger partial charge in [0.25, 0.3) is 5.91 Å².